The SMILES string of the molecule is Cc1ccc(S(=O)(=O)N2CCC(O)c3c2cc2ccccc2c3-c2ccccc2)cc1. The van der Waals surface area contributed by atoms with Crippen LogP contribution in [0.2, 0.25) is 0 Å². The van der Waals surface area contributed by atoms with Gasteiger partial charge in [0.2, 0.25) is 0 Å². The van der Waals surface area contributed by atoms with Crippen LogP contribution in [0.15, 0.2) is 89.8 Å². The first-order chi connectivity index (χ1) is 15.0. The van der Waals surface area contributed by atoms with Crippen LogP contribution in [0.3, 0.4) is 0 Å². The Bertz CT molecular complexity index is 1360. The monoisotopic (exact) mass is 429 g/mol. The number of anilines is 1. The van der Waals surface area contributed by atoms with Gasteiger partial charge in [-0.3, -0.25) is 4.31 Å². The van der Waals surface area contributed by atoms with Crippen LogP contribution in [0.1, 0.15) is 23.7 Å². The fourth-order valence-corrected chi connectivity index (χ4v) is 5.89. The lowest BCUT2D eigenvalue weighted by atomic mass is 9.87. The third-order valence-corrected chi connectivity index (χ3v) is 7.77. The minimum Gasteiger partial charge on any atom is -0.388 e. The fraction of sp³-hybridized carbons (Fsp3) is 0.154. The van der Waals surface area contributed by atoms with Gasteiger partial charge in [0.1, 0.15) is 0 Å². The number of benzene rings is 4. The molecule has 156 valence electrons. The van der Waals surface area contributed by atoms with E-state index in [1.807, 2.05) is 79.7 Å². The van der Waals surface area contributed by atoms with Crippen molar-refractivity contribution in [3.63, 3.8) is 0 Å². The summed E-state index contributed by atoms with van der Waals surface area (Å²) in [5.74, 6) is 0. The van der Waals surface area contributed by atoms with Crippen LogP contribution in [-0.2, 0) is 10.0 Å². The lowest BCUT2D eigenvalue weighted by Crippen LogP contribution is -2.37. The van der Waals surface area contributed by atoms with Gasteiger partial charge < -0.3 is 5.11 Å². The second-order valence-corrected chi connectivity index (χ2v) is 9.83. The Morgan fingerprint density at radius 3 is 2.32 bits per heavy atom. The number of sulfonamides is 1. The van der Waals surface area contributed by atoms with E-state index in [1.54, 1.807) is 12.1 Å². The number of nitrogens with zero attached hydrogens (tertiary/aromatic N) is 1. The average molecular weight is 430 g/mol. The molecule has 0 aliphatic carbocycles. The molecule has 1 atom stereocenters. The van der Waals surface area contributed by atoms with Crippen LogP contribution >= 0.6 is 0 Å². The van der Waals surface area contributed by atoms with Gasteiger partial charge in [0.15, 0.2) is 0 Å². The number of aliphatic hydroxyl groups is 1. The van der Waals surface area contributed by atoms with E-state index < -0.39 is 16.1 Å². The Balaban J connectivity index is 1.80. The molecule has 0 bridgehead atoms. The molecule has 0 spiro atoms. The zero-order chi connectivity index (χ0) is 21.6. The van der Waals surface area contributed by atoms with Crippen molar-refractivity contribution < 1.29 is 13.5 Å². The molecule has 1 aliphatic rings. The first-order valence-corrected chi connectivity index (χ1v) is 11.8. The molecule has 0 fully saturated rings. The third-order valence-electron chi connectivity index (χ3n) is 5.95. The van der Waals surface area contributed by atoms with Crippen molar-refractivity contribution in [2.45, 2.75) is 24.3 Å². The summed E-state index contributed by atoms with van der Waals surface area (Å²) >= 11 is 0. The average Bonchev–Trinajstić information content (AvgIpc) is 2.78. The Kier molecular flexibility index (Phi) is 4.80. The molecule has 1 N–H and O–H groups in total. The quantitative estimate of drug-likeness (QED) is 0.471. The van der Waals surface area contributed by atoms with Crippen molar-refractivity contribution in [1.82, 2.24) is 0 Å². The Hall–Kier alpha value is -3.15. The zero-order valence-corrected chi connectivity index (χ0v) is 18.0. The number of hydrogen-bond donors (Lipinski definition) is 1. The normalized spacial score (nSPS) is 16.3. The van der Waals surface area contributed by atoms with Gasteiger partial charge in [-0.05, 0) is 53.4 Å². The standard InChI is InChI=1S/C26H23NO3S/c1-18-11-13-21(14-12-18)31(29,30)27-16-15-24(28)26-23(27)17-20-9-5-6-10-22(20)25(26)19-7-3-2-4-8-19/h2-14,17,24,28H,15-16H2,1H3. The van der Waals surface area contributed by atoms with Crippen LogP contribution in [0.5, 0.6) is 0 Å². The van der Waals surface area contributed by atoms with E-state index in [0.717, 1.165) is 27.5 Å². The van der Waals surface area contributed by atoms with Crippen LogP contribution in [0.4, 0.5) is 5.69 Å². The third kappa shape index (κ3) is 3.30. The molecular formula is C26H23NO3S. The molecule has 31 heavy (non-hydrogen) atoms. The minimum absolute atomic E-state index is 0.233. The number of fused-ring (bicyclic) bond motifs is 2. The predicted molar refractivity (Wildman–Crippen MR) is 125 cm³/mol. The summed E-state index contributed by atoms with van der Waals surface area (Å²) in [6.07, 6.45) is -0.393. The summed E-state index contributed by atoms with van der Waals surface area (Å²) < 4.78 is 28.6. The molecule has 4 aromatic rings. The summed E-state index contributed by atoms with van der Waals surface area (Å²) in [6.45, 7) is 2.16. The molecule has 1 heterocycles. The van der Waals surface area contributed by atoms with Gasteiger partial charge in [-0.2, -0.15) is 0 Å². The lowest BCUT2D eigenvalue weighted by molar-refractivity contribution is 0.167. The topological polar surface area (TPSA) is 57.6 Å². The first-order valence-electron chi connectivity index (χ1n) is 10.4. The van der Waals surface area contributed by atoms with Crippen LogP contribution in [0.25, 0.3) is 21.9 Å². The zero-order valence-electron chi connectivity index (χ0n) is 17.2. The van der Waals surface area contributed by atoms with Crippen molar-refractivity contribution in [3.05, 3.63) is 96.1 Å². The molecule has 1 unspecified atom stereocenters. The molecule has 0 radical (unpaired) electrons. The second kappa shape index (κ2) is 7.52. The smallest absolute Gasteiger partial charge is 0.264 e. The van der Waals surface area contributed by atoms with Crippen molar-refractivity contribution in [3.8, 4) is 11.1 Å². The van der Waals surface area contributed by atoms with Crippen LogP contribution < -0.4 is 4.31 Å². The molecule has 5 heteroatoms. The molecule has 0 saturated carbocycles. The molecule has 0 aromatic heterocycles. The first kappa shape index (κ1) is 19.8. The summed E-state index contributed by atoms with van der Waals surface area (Å²) in [5, 5.41) is 13.0. The minimum atomic E-state index is -3.76. The van der Waals surface area contributed by atoms with Gasteiger partial charge in [-0.25, -0.2) is 8.42 Å². The molecule has 0 amide bonds. The highest BCUT2D eigenvalue weighted by Gasteiger charge is 2.35. The highest BCUT2D eigenvalue weighted by molar-refractivity contribution is 7.92. The lowest BCUT2D eigenvalue weighted by Gasteiger charge is -2.35. The van der Waals surface area contributed by atoms with E-state index in [4.69, 9.17) is 0 Å². The number of rotatable bonds is 3. The molecule has 1 aliphatic heterocycles. The van der Waals surface area contributed by atoms with Crippen molar-refractivity contribution in [2.24, 2.45) is 0 Å². The van der Waals surface area contributed by atoms with Crippen molar-refractivity contribution in [1.29, 1.82) is 0 Å². The van der Waals surface area contributed by atoms with Gasteiger partial charge >= 0.3 is 0 Å². The van der Waals surface area contributed by atoms with Crippen LogP contribution in [-0.4, -0.2) is 20.1 Å². The molecule has 4 aromatic carbocycles. The van der Waals surface area contributed by atoms with Gasteiger partial charge in [0.25, 0.3) is 10.0 Å². The maximum Gasteiger partial charge on any atom is 0.264 e. The van der Waals surface area contributed by atoms with Crippen molar-refractivity contribution in [2.75, 3.05) is 10.8 Å². The maximum absolute atomic E-state index is 13.6. The Morgan fingerprint density at radius 2 is 1.58 bits per heavy atom. The number of aryl methyl sites for hydroxylation is 1. The Labute approximate surface area is 182 Å². The summed E-state index contributed by atoms with van der Waals surface area (Å²) in [4.78, 5) is 0.259. The van der Waals surface area contributed by atoms with E-state index in [1.165, 1.54) is 4.31 Å². The van der Waals surface area contributed by atoms with Gasteiger partial charge in [-0.15, -0.1) is 0 Å². The number of aliphatic hydroxyl groups excluding tert-OH is 1. The summed E-state index contributed by atoms with van der Waals surface area (Å²) in [5.41, 5.74) is 4.09. The number of hydrogen-bond acceptors (Lipinski definition) is 3. The van der Waals surface area contributed by atoms with Gasteiger partial charge in [0.05, 0.1) is 16.7 Å². The van der Waals surface area contributed by atoms with Crippen LogP contribution in [0, 0.1) is 6.92 Å². The van der Waals surface area contributed by atoms with E-state index in [9.17, 15) is 13.5 Å². The maximum atomic E-state index is 13.6. The predicted octanol–water partition coefficient (Wildman–Crippen LogP) is 5.45. The van der Waals surface area contributed by atoms with Gasteiger partial charge in [0, 0.05) is 12.1 Å². The van der Waals surface area contributed by atoms with E-state index in [0.29, 0.717) is 17.7 Å². The Morgan fingerprint density at radius 1 is 0.903 bits per heavy atom. The highest BCUT2D eigenvalue weighted by atomic mass is 32.2. The molecule has 0 saturated heterocycles. The molecular weight excluding hydrogens is 406 g/mol. The molecule has 5 rings (SSSR count). The van der Waals surface area contributed by atoms with E-state index in [-0.39, 0.29) is 11.4 Å². The fourth-order valence-electron chi connectivity index (χ4n) is 4.40. The largest absolute Gasteiger partial charge is 0.388 e. The highest BCUT2D eigenvalue weighted by Crippen LogP contribution is 2.46. The second-order valence-electron chi connectivity index (χ2n) is 7.97. The van der Waals surface area contributed by atoms with E-state index in [2.05, 4.69) is 0 Å². The van der Waals surface area contributed by atoms with Gasteiger partial charge in [-0.1, -0.05) is 72.3 Å². The van der Waals surface area contributed by atoms with E-state index >= 15 is 0 Å². The van der Waals surface area contributed by atoms with Crippen molar-refractivity contribution >= 4 is 26.5 Å². The molecule has 4 nitrogen and oxygen atoms in total. The summed E-state index contributed by atoms with van der Waals surface area (Å²) in [7, 11) is -3.76. The summed E-state index contributed by atoms with van der Waals surface area (Å²) in [6, 6.07) is 26.6.